The number of amides is 5. The molecule has 1 heterocycles. The molecule has 1 fully saturated rings. The smallest absolute Gasteiger partial charge is 0.331 e. The fourth-order valence-electron chi connectivity index (χ4n) is 3.48. The summed E-state index contributed by atoms with van der Waals surface area (Å²) in [7, 11) is 1.43. The maximum absolute atomic E-state index is 12.9. The minimum Gasteiger partial charge on any atom is -0.496 e. The van der Waals surface area contributed by atoms with Gasteiger partial charge in [-0.15, -0.1) is 0 Å². The summed E-state index contributed by atoms with van der Waals surface area (Å²) in [6.45, 7) is 0.0618. The van der Waals surface area contributed by atoms with Crippen LogP contribution in [0.5, 0.6) is 17.2 Å². The van der Waals surface area contributed by atoms with Crippen LogP contribution in [0.15, 0.2) is 66.7 Å². The van der Waals surface area contributed by atoms with E-state index in [-0.39, 0.29) is 18.7 Å². The van der Waals surface area contributed by atoms with E-state index in [1.807, 2.05) is 23.5 Å². The van der Waals surface area contributed by atoms with E-state index >= 15 is 0 Å². The van der Waals surface area contributed by atoms with Gasteiger partial charge in [-0.25, -0.2) is 4.79 Å². The molecular formula is C26H20N4O6. The van der Waals surface area contributed by atoms with Gasteiger partial charge in [-0.3, -0.25) is 24.6 Å². The maximum atomic E-state index is 12.9. The number of hydrogen-bond acceptors (Lipinski definition) is 7. The second-order valence-electron chi connectivity index (χ2n) is 7.75. The van der Waals surface area contributed by atoms with Crippen molar-refractivity contribution in [2.75, 3.05) is 7.11 Å². The molecule has 1 saturated heterocycles. The summed E-state index contributed by atoms with van der Waals surface area (Å²) >= 11 is 0. The first kappa shape index (κ1) is 24.0. The number of nitrogens with zero attached hydrogens (tertiary/aromatic N) is 2. The molecule has 0 atom stereocenters. The van der Waals surface area contributed by atoms with Gasteiger partial charge in [0.05, 0.1) is 30.9 Å². The van der Waals surface area contributed by atoms with Crippen molar-refractivity contribution in [1.29, 1.82) is 5.26 Å². The largest absolute Gasteiger partial charge is 0.496 e. The van der Waals surface area contributed by atoms with Crippen LogP contribution in [0.4, 0.5) is 4.79 Å². The molecule has 1 aliphatic rings. The highest BCUT2D eigenvalue weighted by Crippen LogP contribution is 2.23. The molecular weight excluding hydrogens is 464 g/mol. The lowest BCUT2D eigenvalue weighted by Gasteiger charge is -2.14. The Hall–Kier alpha value is -5.17. The van der Waals surface area contributed by atoms with Crippen molar-refractivity contribution in [3.8, 4) is 23.3 Å². The molecule has 0 spiro atoms. The Bertz CT molecular complexity index is 1380. The zero-order chi connectivity index (χ0) is 25.7. The molecule has 1 aliphatic heterocycles. The Morgan fingerprint density at radius 2 is 1.61 bits per heavy atom. The van der Waals surface area contributed by atoms with Crippen molar-refractivity contribution >= 4 is 23.8 Å². The first-order chi connectivity index (χ1) is 17.4. The van der Waals surface area contributed by atoms with Gasteiger partial charge in [0.1, 0.15) is 17.2 Å². The van der Waals surface area contributed by atoms with Crippen molar-refractivity contribution in [2.45, 2.75) is 13.1 Å². The van der Waals surface area contributed by atoms with E-state index in [4.69, 9.17) is 14.7 Å². The van der Waals surface area contributed by atoms with Gasteiger partial charge in [0.15, 0.2) is 0 Å². The normalized spacial score (nSPS) is 12.7. The second kappa shape index (κ2) is 10.4. The Morgan fingerprint density at radius 3 is 2.19 bits per heavy atom. The first-order valence-electron chi connectivity index (χ1n) is 10.8. The van der Waals surface area contributed by atoms with Crippen molar-refractivity contribution in [1.82, 2.24) is 15.5 Å². The highest BCUT2D eigenvalue weighted by molar-refractivity contribution is 6.44. The van der Waals surface area contributed by atoms with Crippen LogP contribution in [-0.2, 0) is 22.7 Å². The van der Waals surface area contributed by atoms with Crippen LogP contribution in [0.1, 0.15) is 27.0 Å². The highest BCUT2D eigenvalue weighted by atomic mass is 16.5. The molecule has 36 heavy (non-hydrogen) atoms. The number of nitrogens with one attached hydrogen (secondary N) is 2. The summed E-state index contributed by atoms with van der Waals surface area (Å²) < 4.78 is 11.0. The molecule has 0 unspecified atom stereocenters. The van der Waals surface area contributed by atoms with Crippen LogP contribution in [0.2, 0.25) is 0 Å². The summed E-state index contributed by atoms with van der Waals surface area (Å²) in [6, 6.07) is 19.8. The summed E-state index contributed by atoms with van der Waals surface area (Å²) in [5.74, 6) is -0.841. The van der Waals surface area contributed by atoms with Crippen LogP contribution in [0.3, 0.4) is 0 Å². The summed E-state index contributed by atoms with van der Waals surface area (Å²) in [5.41, 5.74) is 2.06. The molecule has 0 aromatic heterocycles. The molecule has 0 aliphatic carbocycles. The predicted octanol–water partition coefficient (Wildman–Crippen LogP) is 2.87. The fraction of sp³-hybridized carbons (Fsp3) is 0.115. The molecule has 0 radical (unpaired) electrons. The van der Waals surface area contributed by atoms with E-state index in [2.05, 4.69) is 5.32 Å². The van der Waals surface area contributed by atoms with Gasteiger partial charge in [-0.1, -0.05) is 18.2 Å². The maximum Gasteiger partial charge on any atom is 0.331 e. The number of carbonyl (C=O) groups excluding carboxylic acids is 4. The van der Waals surface area contributed by atoms with E-state index in [9.17, 15) is 19.2 Å². The Morgan fingerprint density at radius 1 is 0.972 bits per heavy atom. The van der Waals surface area contributed by atoms with E-state index in [1.165, 1.54) is 13.2 Å². The third-order valence-electron chi connectivity index (χ3n) is 5.35. The average Bonchev–Trinajstić information content (AvgIpc) is 3.14. The predicted molar refractivity (Wildman–Crippen MR) is 126 cm³/mol. The van der Waals surface area contributed by atoms with E-state index in [0.29, 0.717) is 28.4 Å². The van der Waals surface area contributed by atoms with Crippen LogP contribution in [0.25, 0.3) is 0 Å². The summed E-state index contributed by atoms with van der Waals surface area (Å²) in [4.78, 5) is 48.7. The lowest BCUT2D eigenvalue weighted by Crippen LogP contribution is -2.30. The van der Waals surface area contributed by atoms with Crippen LogP contribution in [-0.4, -0.2) is 35.8 Å². The van der Waals surface area contributed by atoms with Gasteiger partial charge < -0.3 is 14.8 Å². The fourth-order valence-corrected chi connectivity index (χ4v) is 3.48. The van der Waals surface area contributed by atoms with Gasteiger partial charge in [0.2, 0.25) is 0 Å². The van der Waals surface area contributed by atoms with Gasteiger partial charge in [0.25, 0.3) is 5.91 Å². The molecule has 10 heteroatoms. The average molecular weight is 484 g/mol. The van der Waals surface area contributed by atoms with Crippen molar-refractivity contribution in [3.05, 3.63) is 89.0 Å². The van der Waals surface area contributed by atoms with Crippen LogP contribution < -0.4 is 20.1 Å². The zero-order valence-corrected chi connectivity index (χ0v) is 19.1. The number of hydrogen-bond donors (Lipinski definition) is 2. The van der Waals surface area contributed by atoms with Crippen molar-refractivity contribution in [2.24, 2.45) is 0 Å². The van der Waals surface area contributed by atoms with Crippen LogP contribution >= 0.6 is 0 Å². The second-order valence-corrected chi connectivity index (χ2v) is 7.75. The minimum atomic E-state index is -0.986. The molecule has 0 bridgehead atoms. The third kappa shape index (κ3) is 5.31. The standard InChI is InChI=1S/C26H20N4O6/c1-35-22-11-6-18(15-30-25(33)24(32)29-26(30)34)12-21(22)23(31)28-14-17-4-9-20(10-5-17)36-19-7-2-16(13-27)3-8-19/h2-12H,14-15H2,1H3,(H,28,31)(H,29,32,34). The molecule has 3 aromatic rings. The van der Waals surface area contributed by atoms with Gasteiger partial charge in [0, 0.05) is 6.54 Å². The van der Waals surface area contributed by atoms with E-state index < -0.39 is 23.8 Å². The Labute approximate surface area is 206 Å². The van der Waals surface area contributed by atoms with E-state index in [1.54, 1.807) is 48.5 Å². The van der Waals surface area contributed by atoms with E-state index in [0.717, 1.165) is 10.5 Å². The minimum absolute atomic E-state index is 0.165. The summed E-state index contributed by atoms with van der Waals surface area (Å²) in [5, 5.41) is 13.6. The number of benzene rings is 3. The van der Waals surface area contributed by atoms with Crippen molar-refractivity contribution < 1.29 is 28.7 Å². The number of imide groups is 2. The van der Waals surface area contributed by atoms with Gasteiger partial charge in [-0.05, 0) is 59.7 Å². The molecule has 5 amide bonds. The first-order valence-corrected chi connectivity index (χ1v) is 10.8. The molecule has 4 rings (SSSR count). The quantitative estimate of drug-likeness (QED) is 0.370. The number of ether oxygens (including phenoxy) is 2. The highest BCUT2D eigenvalue weighted by Gasteiger charge is 2.36. The molecule has 10 nitrogen and oxygen atoms in total. The number of nitriles is 1. The van der Waals surface area contributed by atoms with Gasteiger partial charge >= 0.3 is 17.8 Å². The molecule has 2 N–H and O–H groups in total. The Kier molecular flexibility index (Phi) is 6.92. The topological polar surface area (TPSA) is 138 Å². The third-order valence-corrected chi connectivity index (χ3v) is 5.35. The number of urea groups is 1. The monoisotopic (exact) mass is 484 g/mol. The SMILES string of the molecule is COc1ccc(CN2C(=O)NC(=O)C2=O)cc1C(=O)NCc1ccc(Oc2ccc(C#N)cc2)cc1. The Balaban J connectivity index is 1.39. The number of rotatable bonds is 8. The lowest BCUT2D eigenvalue weighted by molar-refractivity contribution is -0.140. The van der Waals surface area contributed by atoms with Crippen molar-refractivity contribution in [3.63, 3.8) is 0 Å². The number of methoxy groups -OCH3 is 1. The number of carbonyl (C=O) groups is 4. The molecule has 180 valence electrons. The van der Waals surface area contributed by atoms with Crippen LogP contribution in [0, 0.1) is 11.3 Å². The molecule has 0 saturated carbocycles. The summed E-state index contributed by atoms with van der Waals surface area (Å²) in [6.07, 6.45) is 0. The van der Waals surface area contributed by atoms with Gasteiger partial charge in [-0.2, -0.15) is 5.26 Å². The zero-order valence-electron chi connectivity index (χ0n) is 19.1. The lowest BCUT2D eigenvalue weighted by atomic mass is 10.1. The molecule has 3 aromatic carbocycles.